The normalized spacial score (nSPS) is 25.4. The fourth-order valence-corrected chi connectivity index (χ4v) is 3.83. The summed E-state index contributed by atoms with van der Waals surface area (Å²) in [5, 5.41) is 0. The fraction of sp³-hybridized carbons (Fsp3) is 0.583. The summed E-state index contributed by atoms with van der Waals surface area (Å²) in [7, 11) is -1.99. The van der Waals surface area contributed by atoms with E-state index in [0.717, 1.165) is 6.42 Å². The van der Waals surface area contributed by atoms with Crippen LogP contribution in [-0.2, 0) is 14.8 Å². The molecule has 0 radical (unpaired) electrons. The molecule has 6 nitrogen and oxygen atoms in total. The first-order valence-electron chi connectivity index (χ1n) is 6.20. The van der Waals surface area contributed by atoms with Gasteiger partial charge in [-0.2, -0.15) is 4.31 Å². The Morgan fingerprint density at radius 2 is 2.26 bits per heavy atom. The number of methoxy groups -OCH3 is 1. The average molecular weight is 285 g/mol. The van der Waals surface area contributed by atoms with Gasteiger partial charge < -0.3 is 10.5 Å². The van der Waals surface area contributed by atoms with Crippen molar-refractivity contribution in [3.05, 3.63) is 18.3 Å². The van der Waals surface area contributed by atoms with E-state index in [1.165, 1.54) is 16.6 Å². The molecule has 1 aromatic rings. The van der Waals surface area contributed by atoms with Crippen LogP contribution in [0.25, 0.3) is 0 Å². The Kier molecular flexibility index (Phi) is 4.07. The summed E-state index contributed by atoms with van der Waals surface area (Å²) in [5.74, 6) is 0.387. The van der Waals surface area contributed by atoms with Crippen LogP contribution in [0, 0.1) is 5.92 Å². The maximum Gasteiger partial charge on any atom is 0.246 e. The highest BCUT2D eigenvalue weighted by atomic mass is 32.2. The lowest BCUT2D eigenvalue weighted by molar-refractivity contribution is 0.0184. The van der Waals surface area contributed by atoms with E-state index in [0.29, 0.717) is 19.0 Å². The molecule has 2 N–H and O–H groups in total. The molecule has 2 rings (SSSR count). The number of pyridine rings is 1. The number of piperidine rings is 1. The first kappa shape index (κ1) is 14.2. The van der Waals surface area contributed by atoms with Gasteiger partial charge in [0.1, 0.15) is 10.7 Å². The third-order valence-electron chi connectivity index (χ3n) is 3.57. The van der Waals surface area contributed by atoms with Gasteiger partial charge in [-0.25, -0.2) is 13.4 Å². The van der Waals surface area contributed by atoms with E-state index in [2.05, 4.69) is 11.9 Å². The molecule has 1 aliphatic rings. The molecule has 0 bridgehead atoms. The van der Waals surface area contributed by atoms with Gasteiger partial charge in [0.2, 0.25) is 10.0 Å². The van der Waals surface area contributed by atoms with Gasteiger partial charge in [0, 0.05) is 26.4 Å². The first-order chi connectivity index (χ1) is 8.96. The second-order valence-electron chi connectivity index (χ2n) is 4.79. The van der Waals surface area contributed by atoms with Crippen LogP contribution in [0.5, 0.6) is 0 Å². The molecule has 1 aromatic heterocycles. The number of hydrogen-bond acceptors (Lipinski definition) is 5. The van der Waals surface area contributed by atoms with Gasteiger partial charge in [-0.1, -0.05) is 6.92 Å². The summed E-state index contributed by atoms with van der Waals surface area (Å²) in [6.07, 6.45) is 2.17. The van der Waals surface area contributed by atoms with Crippen LogP contribution in [0.1, 0.15) is 13.3 Å². The number of rotatable bonds is 3. The number of aromatic nitrogens is 1. The summed E-state index contributed by atoms with van der Waals surface area (Å²) < 4.78 is 31.8. The molecule has 1 fully saturated rings. The van der Waals surface area contributed by atoms with Gasteiger partial charge in [0.25, 0.3) is 0 Å². The third-order valence-corrected chi connectivity index (χ3v) is 5.48. The van der Waals surface area contributed by atoms with Crippen molar-refractivity contribution in [2.45, 2.75) is 24.3 Å². The molecule has 19 heavy (non-hydrogen) atoms. The molecule has 0 amide bonds. The Morgan fingerprint density at radius 3 is 2.89 bits per heavy atom. The Morgan fingerprint density at radius 1 is 1.53 bits per heavy atom. The van der Waals surface area contributed by atoms with Crippen molar-refractivity contribution in [1.82, 2.24) is 9.29 Å². The number of nitrogens with zero attached hydrogens (tertiary/aromatic N) is 2. The van der Waals surface area contributed by atoms with Gasteiger partial charge in [-0.15, -0.1) is 0 Å². The quantitative estimate of drug-likeness (QED) is 0.884. The van der Waals surface area contributed by atoms with Crippen molar-refractivity contribution in [1.29, 1.82) is 0 Å². The van der Waals surface area contributed by atoms with Crippen LogP contribution >= 0.6 is 0 Å². The Bertz CT molecular complexity index is 547. The smallest absolute Gasteiger partial charge is 0.246 e. The van der Waals surface area contributed by atoms with Crippen LogP contribution in [0.15, 0.2) is 23.2 Å². The van der Waals surface area contributed by atoms with Crippen LogP contribution in [0.4, 0.5) is 5.82 Å². The van der Waals surface area contributed by atoms with Crippen molar-refractivity contribution in [3.63, 3.8) is 0 Å². The van der Waals surface area contributed by atoms with E-state index in [9.17, 15) is 8.42 Å². The van der Waals surface area contributed by atoms with E-state index in [4.69, 9.17) is 10.5 Å². The lowest BCUT2D eigenvalue weighted by atomic mass is 9.97. The van der Waals surface area contributed by atoms with Gasteiger partial charge >= 0.3 is 0 Å². The molecule has 1 saturated heterocycles. The van der Waals surface area contributed by atoms with E-state index >= 15 is 0 Å². The monoisotopic (exact) mass is 285 g/mol. The van der Waals surface area contributed by atoms with E-state index < -0.39 is 10.0 Å². The zero-order chi connectivity index (χ0) is 14.0. The van der Waals surface area contributed by atoms with Gasteiger partial charge in [0.05, 0.1) is 6.10 Å². The molecule has 0 saturated carbocycles. The second kappa shape index (κ2) is 5.44. The zero-order valence-corrected chi connectivity index (χ0v) is 11.9. The van der Waals surface area contributed by atoms with Crippen LogP contribution in [-0.4, -0.2) is 44.0 Å². The van der Waals surface area contributed by atoms with Crippen molar-refractivity contribution in [3.8, 4) is 0 Å². The first-order valence-corrected chi connectivity index (χ1v) is 7.64. The number of sulfonamides is 1. The average Bonchev–Trinajstić information content (AvgIpc) is 2.39. The predicted octanol–water partition coefficient (Wildman–Crippen LogP) is 0.709. The highest BCUT2D eigenvalue weighted by Crippen LogP contribution is 2.26. The Balaban J connectivity index is 2.28. The standard InChI is InChI=1S/C12H19N3O3S/c1-9-5-7-15(8-10(9)18-2)19(16,17)11-4-3-6-14-12(11)13/h3-4,6,9-10H,5,7-8H2,1-2H3,(H2,13,14). The topological polar surface area (TPSA) is 85.5 Å². The van der Waals surface area contributed by atoms with Gasteiger partial charge in [0.15, 0.2) is 0 Å². The number of ether oxygens (including phenoxy) is 1. The minimum atomic E-state index is -3.59. The van der Waals surface area contributed by atoms with Gasteiger partial charge in [-0.3, -0.25) is 0 Å². The summed E-state index contributed by atoms with van der Waals surface area (Å²) in [5.41, 5.74) is 5.66. The zero-order valence-electron chi connectivity index (χ0n) is 11.1. The largest absolute Gasteiger partial charge is 0.383 e. The van der Waals surface area contributed by atoms with Crippen molar-refractivity contribution < 1.29 is 13.2 Å². The number of hydrogen-bond donors (Lipinski definition) is 1. The van der Waals surface area contributed by atoms with E-state index in [1.54, 1.807) is 13.2 Å². The highest BCUT2D eigenvalue weighted by Gasteiger charge is 2.34. The Labute approximate surface area is 113 Å². The molecule has 1 aliphatic heterocycles. The minimum absolute atomic E-state index is 0.0371. The fourth-order valence-electron chi connectivity index (χ4n) is 2.29. The molecule has 7 heteroatoms. The molecule has 2 heterocycles. The lowest BCUT2D eigenvalue weighted by Crippen LogP contribution is -2.46. The number of nitrogen functional groups attached to an aromatic ring is 1. The summed E-state index contributed by atoms with van der Waals surface area (Å²) in [6.45, 7) is 2.91. The summed E-state index contributed by atoms with van der Waals surface area (Å²) in [6, 6.07) is 3.06. The van der Waals surface area contributed by atoms with Crippen LogP contribution in [0.2, 0.25) is 0 Å². The van der Waals surface area contributed by atoms with Crippen molar-refractivity contribution in [2.24, 2.45) is 5.92 Å². The number of nitrogens with two attached hydrogens (primary N) is 1. The van der Waals surface area contributed by atoms with Crippen LogP contribution in [0.3, 0.4) is 0 Å². The molecular weight excluding hydrogens is 266 g/mol. The van der Waals surface area contributed by atoms with E-state index in [-0.39, 0.29) is 16.8 Å². The third kappa shape index (κ3) is 2.72. The van der Waals surface area contributed by atoms with Crippen molar-refractivity contribution >= 4 is 15.8 Å². The maximum atomic E-state index is 12.5. The summed E-state index contributed by atoms with van der Waals surface area (Å²) >= 11 is 0. The van der Waals surface area contributed by atoms with Crippen molar-refractivity contribution in [2.75, 3.05) is 25.9 Å². The Hall–Kier alpha value is -1.18. The van der Waals surface area contributed by atoms with Gasteiger partial charge in [-0.05, 0) is 24.5 Å². The molecule has 0 spiro atoms. The molecule has 106 valence electrons. The molecule has 0 aliphatic carbocycles. The lowest BCUT2D eigenvalue weighted by Gasteiger charge is -2.35. The molecule has 2 unspecified atom stereocenters. The van der Waals surface area contributed by atoms with Crippen LogP contribution < -0.4 is 5.73 Å². The highest BCUT2D eigenvalue weighted by molar-refractivity contribution is 7.89. The maximum absolute atomic E-state index is 12.5. The second-order valence-corrected chi connectivity index (χ2v) is 6.70. The molecule has 0 aromatic carbocycles. The number of anilines is 1. The SMILES string of the molecule is COC1CN(S(=O)(=O)c2cccnc2N)CCC1C. The molecule has 2 atom stereocenters. The minimum Gasteiger partial charge on any atom is -0.383 e. The molecular formula is C12H19N3O3S. The predicted molar refractivity (Wildman–Crippen MR) is 72.0 cm³/mol. The summed E-state index contributed by atoms with van der Waals surface area (Å²) in [4.78, 5) is 3.90. The van der Waals surface area contributed by atoms with E-state index in [1.807, 2.05) is 0 Å².